The van der Waals surface area contributed by atoms with Crippen LogP contribution >= 0.6 is 0 Å². The molecule has 1 fully saturated rings. The van der Waals surface area contributed by atoms with Crippen molar-refractivity contribution in [2.24, 2.45) is 0 Å². The number of imide groups is 1. The average Bonchev–Trinajstić information content (AvgIpc) is 2.97. The first-order valence-corrected chi connectivity index (χ1v) is 9.94. The van der Waals surface area contributed by atoms with E-state index >= 15 is 0 Å². The summed E-state index contributed by atoms with van der Waals surface area (Å²) in [6, 6.07) is 15.4. The number of hydrogen-bond donors (Lipinski definition) is 2. The summed E-state index contributed by atoms with van der Waals surface area (Å²) in [5, 5.41) is 5.64. The number of benzene rings is 2. The molecule has 144 valence electrons. The van der Waals surface area contributed by atoms with E-state index in [2.05, 4.69) is 27.7 Å². The van der Waals surface area contributed by atoms with Gasteiger partial charge in [0.25, 0.3) is 11.8 Å². The minimum absolute atomic E-state index is 0.350. The van der Waals surface area contributed by atoms with Crippen LogP contribution in [0.25, 0.3) is 5.57 Å². The summed E-state index contributed by atoms with van der Waals surface area (Å²) in [7, 11) is 0. The van der Waals surface area contributed by atoms with Gasteiger partial charge < -0.3 is 5.32 Å². The Bertz CT molecular complexity index is 912. The van der Waals surface area contributed by atoms with Crippen molar-refractivity contribution in [1.29, 1.82) is 0 Å². The Morgan fingerprint density at radius 2 is 1.64 bits per heavy atom. The third-order valence-corrected chi connectivity index (χ3v) is 5.35. The van der Waals surface area contributed by atoms with Gasteiger partial charge in [0.15, 0.2) is 0 Å². The van der Waals surface area contributed by atoms with Crippen LogP contribution < -0.4 is 10.6 Å². The highest BCUT2D eigenvalue weighted by Crippen LogP contribution is 2.24. The predicted molar refractivity (Wildman–Crippen MR) is 111 cm³/mol. The summed E-state index contributed by atoms with van der Waals surface area (Å²) in [6.45, 7) is 3.27. The van der Waals surface area contributed by atoms with Gasteiger partial charge in [-0.05, 0) is 49.7 Å². The van der Waals surface area contributed by atoms with Crippen LogP contribution in [0.3, 0.4) is 0 Å². The van der Waals surface area contributed by atoms with E-state index in [1.807, 2.05) is 18.2 Å². The fourth-order valence-corrected chi connectivity index (χ4v) is 3.89. The van der Waals surface area contributed by atoms with Crippen molar-refractivity contribution in [3.63, 3.8) is 0 Å². The molecule has 0 bridgehead atoms. The molecule has 2 amide bonds. The highest BCUT2D eigenvalue weighted by Gasteiger charge is 2.26. The number of rotatable bonds is 4. The second-order valence-corrected chi connectivity index (χ2v) is 7.42. The van der Waals surface area contributed by atoms with Crippen molar-refractivity contribution in [1.82, 2.24) is 10.2 Å². The Labute approximate surface area is 165 Å². The van der Waals surface area contributed by atoms with Crippen molar-refractivity contribution in [2.75, 3.05) is 18.4 Å². The maximum atomic E-state index is 12.3. The minimum atomic E-state index is -0.378. The largest absolute Gasteiger partial charge is 0.361 e. The van der Waals surface area contributed by atoms with Gasteiger partial charge in [-0.3, -0.25) is 19.8 Å². The second kappa shape index (κ2) is 8.40. The van der Waals surface area contributed by atoms with Crippen LogP contribution in [0.5, 0.6) is 0 Å². The zero-order valence-electron chi connectivity index (χ0n) is 15.9. The molecule has 2 N–H and O–H groups in total. The summed E-state index contributed by atoms with van der Waals surface area (Å²) in [4.78, 5) is 26.8. The number of fused-ring (bicyclic) bond motifs is 1. The van der Waals surface area contributed by atoms with Crippen LogP contribution in [-0.2, 0) is 11.3 Å². The molecular formula is C23H25N3O2. The first-order chi connectivity index (χ1) is 13.7. The van der Waals surface area contributed by atoms with Gasteiger partial charge in [-0.15, -0.1) is 0 Å². The molecule has 2 aromatic carbocycles. The fraction of sp³-hybridized carbons (Fsp3) is 0.304. The van der Waals surface area contributed by atoms with Crippen LogP contribution in [0, 0.1) is 0 Å². The smallest absolute Gasteiger partial charge is 0.260 e. The lowest BCUT2D eigenvalue weighted by atomic mass is 9.95. The van der Waals surface area contributed by atoms with Gasteiger partial charge in [0.1, 0.15) is 0 Å². The average molecular weight is 375 g/mol. The summed E-state index contributed by atoms with van der Waals surface area (Å²) in [5.41, 5.74) is 3.83. The molecule has 2 aliphatic rings. The molecule has 28 heavy (non-hydrogen) atoms. The van der Waals surface area contributed by atoms with Crippen molar-refractivity contribution >= 4 is 23.1 Å². The summed E-state index contributed by atoms with van der Waals surface area (Å²) < 4.78 is 0. The number of amides is 2. The van der Waals surface area contributed by atoms with Gasteiger partial charge in [-0.2, -0.15) is 0 Å². The Balaban J connectivity index is 1.51. The number of anilines is 1. The standard InChI is InChI=1S/C23H25N3O2/c27-22-20-11-4-3-10-19(20)21(23(28)25-22)15-24-18-9-7-8-17(14-18)16-26-12-5-1-2-6-13-26/h3-4,7-11,14-15,24H,1-2,5-6,12-13,16H2,(H,25,27,28). The minimum Gasteiger partial charge on any atom is -0.361 e. The molecule has 5 heteroatoms. The summed E-state index contributed by atoms with van der Waals surface area (Å²) >= 11 is 0. The monoisotopic (exact) mass is 375 g/mol. The van der Waals surface area contributed by atoms with E-state index in [1.165, 1.54) is 31.2 Å². The fourth-order valence-electron chi connectivity index (χ4n) is 3.89. The Morgan fingerprint density at radius 1 is 0.893 bits per heavy atom. The summed E-state index contributed by atoms with van der Waals surface area (Å²) in [5.74, 6) is -0.728. The number of likely N-dealkylation sites (tertiary alicyclic amines) is 1. The van der Waals surface area contributed by atoms with Crippen molar-refractivity contribution in [2.45, 2.75) is 32.2 Å². The highest BCUT2D eigenvalue weighted by atomic mass is 16.2. The number of carbonyl (C=O) groups is 2. The van der Waals surface area contributed by atoms with Crippen molar-refractivity contribution < 1.29 is 9.59 Å². The third kappa shape index (κ3) is 4.15. The zero-order valence-corrected chi connectivity index (χ0v) is 15.9. The van der Waals surface area contributed by atoms with Gasteiger partial charge in [-0.1, -0.05) is 43.2 Å². The lowest BCUT2D eigenvalue weighted by Gasteiger charge is -2.20. The number of nitrogens with zero attached hydrogens (tertiary/aromatic N) is 1. The molecular weight excluding hydrogens is 350 g/mol. The molecule has 0 radical (unpaired) electrons. The molecule has 0 saturated carbocycles. The van der Waals surface area contributed by atoms with E-state index < -0.39 is 0 Å². The van der Waals surface area contributed by atoms with Crippen LogP contribution in [0.1, 0.15) is 47.2 Å². The summed E-state index contributed by atoms with van der Waals surface area (Å²) in [6.07, 6.45) is 6.90. The molecule has 2 aliphatic heterocycles. The molecule has 0 unspecified atom stereocenters. The Morgan fingerprint density at radius 3 is 2.43 bits per heavy atom. The molecule has 2 aromatic rings. The molecule has 1 saturated heterocycles. The first kappa shape index (κ1) is 18.4. The zero-order chi connectivity index (χ0) is 19.3. The molecule has 2 heterocycles. The van der Waals surface area contributed by atoms with E-state index in [9.17, 15) is 9.59 Å². The van der Waals surface area contributed by atoms with E-state index in [-0.39, 0.29) is 11.8 Å². The molecule has 5 nitrogen and oxygen atoms in total. The number of carbonyl (C=O) groups excluding carboxylic acids is 2. The molecule has 0 spiro atoms. The van der Waals surface area contributed by atoms with Crippen LogP contribution in [-0.4, -0.2) is 29.8 Å². The van der Waals surface area contributed by atoms with Gasteiger partial charge in [0.05, 0.1) is 5.57 Å². The Kier molecular flexibility index (Phi) is 5.53. The van der Waals surface area contributed by atoms with Crippen LogP contribution in [0.4, 0.5) is 5.69 Å². The maximum Gasteiger partial charge on any atom is 0.260 e. The van der Waals surface area contributed by atoms with Gasteiger partial charge >= 0.3 is 0 Å². The van der Waals surface area contributed by atoms with E-state index in [0.717, 1.165) is 25.3 Å². The second-order valence-electron chi connectivity index (χ2n) is 7.42. The maximum absolute atomic E-state index is 12.3. The first-order valence-electron chi connectivity index (χ1n) is 9.94. The number of nitrogens with one attached hydrogen (secondary N) is 2. The van der Waals surface area contributed by atoms with E-state index in [4.69, 9.17) is 0 Å². The molecule has 0 aromatic heterocycles. The van der Waals surface area contributed by atoms with Gasteiger partial charge in [0, 0.05) is 29.6 Å². The lowest BCUT2D eigenvalue weighted by molar-refractivity contribution is -0.114. The predicted octanol–water partition coefficient (Wildman–Crippen LogP) is 3.79. The Hall–Kier alpha value is -2.92. The normalized spacial score (nSPS) is 19.1. The van der Waals surface area contributed by atoms with E-state index in [0.29, 0.717) is 16.7 Å². The number of hydrogen-bond acceptors (Lipinski definition) is 4. The lowest BCUT2D eigenvalue weighted by Crippen LogP contribution is -2.36. The molecule has 4 rings (SSSR count). The SMILES string of the molecule is O=C1NC(=O)c2ccccc2C1=CNc1cccc(CN2CCCCCC2)c1. The van der Waals surface area contributed by atoms with Crippen LogP contribution in [0.15, 0.2) is 54.7 Å². The van der Waals surface area contributed by atoms with Crippen LogP contribution in [0.2, 0.25) is 0 Å². The molecule has 0 aliphatic carbocycles. The van der Waals surface area contributed by atoms with E-state index in [1.54, 1.807) is 24.4 Å². The third-order valence-electron chi connectivity index (χ3n) is 5.35. The quantitative estimate of drug-likeness (QED) is 0.631. The van der Waals surface area contributed by atoms with Crippen molar-refractivity contribution in [3.05, 3.63) is 71.4 Å². The van der Waals surface area contributed by atoms with Crippen molar-refractivity contribution in [3.8, 4) is 0 Å². The highest BCUT2D eigenvalue weighted by molar-refractivity contribution is 6.31. The van der Waals surface area contributed by atoms with Gasteiger partial charge in [0.2, 0.25) is 0 Å². The topological polar surface area (TPSA) is 61.4 Å². The molecule has 0 atom stereocenters. The van der Waals surface area contributed by atoms with Gasteiger partial charge in [-0.25, -0.2) is 0 Å².